The fraction of sp³-hybridized carbons (Fsp3) is 0.400. The summed E-state index contributed by atoms with van der Waals surface area (Å²) in [7, 11) is 3.33. The summed E-state index contributed by atoms with van der Waals surface area (Å²) in [5, 5.41) is 0. The predicted octanol–water partition coefficient (Wildman–Crippen LogP) is 2.27. The van der Waals surface area contributed by atoms with E-state index in [9.17, 15) is 0 Å². The number of rotatable bonds is 3. The largest absolute Gasteiger partial charge is 0.497 e. The summed E-state index contributed by atoms with van der Waals surface area (Å²) >= 11 is 0. The smallest absolute Gasteiger partial charge is 0.125 e. The number of methoxy groups -OCH3 is 2. The second kappa shape index (κ2) is 4.00. The Morgan fingerprint density at radius 1 is 1.17 bits per heavy atom. The van der Waals surface area contributed by atoms with Crippen LogP contribution in [0, 0.1) is 0 Å². The van der Waals surface area contributed by atoms with E-state index < -0.39 is 0 Å². The number of aryl methyl sites for hydroxylation is 1. The van der Waals surface area contributed by atoms with E-state index in [1.54, 1.807) is 14.2 Å². The monoisotopic (exact) mass is 166 g/mol. The molecule has 0 spiro atoms. The van der Waals surface area contributed by atoms with Gasteiger partial charge in [0.05, 0.1) is 14.2 Å². The molecule has 12 heavy (non-hydrogen) atoms. The summed E-state index contributed by atoms with van der Waals surface area (Å²) in [6.07, 6.45) is 0.979. The third-order valence-electron chi connectivity index (χ3n) is 1.88. The molecule has 0 fully saturated rings. The first-order chi connectivity index (χ1) is 5.81. The van der Waals surface area contributed by atoms with Gasteiger partial charge < -0.3 is 9.47 Å². The molecule has 2 nitrogen and oxygen atoms in total. The van der Waals surface area contributed by atoms with Crippen molar-refractivity contribution in [3.63, 3.8) is 0 Å². The lowest BCUT2D eigenvalue weighted by Gasteiger charge is -2.07. The lowest BCUT2D eigenvalue weighted by molar-refractivity contribution is 0.391. The van der Waals surface area contributed by atoms with Crippen molar-refractivity contribution in [3.8, 4) is 11.5 Å². The summed E-state index contributed by atoms with van der Waals surface area (Å²) in [5.41, 5.74) is 1.21. The van der Waals surface area contributed by atoms with Crippen molar-refractivity contribution in [1.29, 1.82) is 0 Å². The molecule has 1 aromatic carbocycles. The van der Waals surface area contributed by atoms with Gasteiger partial charge in [0.2, 0.25) is 0 Å². The molecule has 0 aliphatic carbocycles. The molecule has 0 atom stereocenters. The zero-order valence-corrected chi connectivity index (χ0v) is 7.76. The van der Waals surface area contributed by atoms with Crippen LogP contribution in [0.2, 0.25) is 0 Å². The second-order valence-corrected chi connectivity index (χ2v) is 2.53. The molecule has 0 saturated heterocycles. The third kappa shape index (κ3) is 1.70. The molecule has 2 heteroatoms. The molecule has 0 amide bonds. The van der Waals surface area contributed by atoms with E-state index in [0.29, 0.717) is 0 Å². The Labute approximate surface area is 73.1 Å². The number of benzene rings is 1. The Bertz CT molecular complexity index is 256. The Kier molecular flexibility index (Phi) is 2.97. The van der Waals surface area contributed by atoms with Crippen LogP contribution in [0.25, 0.3) is 0 Å². The zero-order valence-electron chi connectivity index (χ0n) is 7.76. The molecule has 0 N–H and O–H groups in total. The van der Waals surface area contributed by atoms with Crippen LogP contribution in [0.1, 0.15) is 12.5 Å². The van der Waals surface area contributed by atoms with E-state index in [0.717, 1.165) is 17.9 Å². The van der Waals surface area contributed by atoms with Gasteiger partial charge in [-0.3, -0.25) is 0 Å². The topological polar surface area (TPSA) is 18.5 Å². The summed E-state index contributed by atoms with van der Waals surface area (Å²) in [4.78, 5) is 0. The molecule has 0 aromatic heterocycles. The van der Waals surface area contributed by atoms with Gasteiger partial charge >= 0.3 is 0 Å². The van der Waals surface area contributed by atoms with E-state index in [1.807, 2.05) is 18.2 Å². The summed E-state index contributed by atoms with van der Waals surface area (Å²) in [6, 6.07) is 5.87. The SMILES string of the molecule is CCc1ccc(OC)cc1OC. The number of hydrogen-bond donors (Lipinski definition) is 0. The first-order valence-electron chi connectivity index (χ1n) is 4.02. The van der Waals surface area contributed by atoms with Crippen LogP contribution in [0.15, 0.2) is 18.2 Å². The quantitative estimate of drug-likeness (QED) is 0.685. The minimum atomic E-state index is 0.837. The average molecular weight is 166 g/mol. The van der Waals surface area contributed by atoms with Crippen molar-refractivity contribution in [3.05, 3.63) is 23.8 Å². The molecular formula is C10H14O2. The molecule has 0 bridgehead atoms. The maximum absolute atomic E-state index is 5.20. The van der Waals surface area contributed by atoms with E-state index in [4.69, 9.17) is 9.47 Å². The van der Waals surface area contributed by atoms with Gasteiger partial charge in [-0.25, -0.2) is 0 Å². The van der Waals surface area contributed by atoms with Crippen molar-refractivity contribution in [1.82, 2.24) is 0 Å². The van der Waals surface area contributed by atoms with Crippen molar-refractivity contribution < 1.29 is 9.47 Å². The maximum atomic E-state index is 5.20. The van der Waals surface area contributed by atoms with Crippen molar-refractivity contribution >= 4 is 0 Å². The van der Waals surface area contributed by atoms with Gasteiger partial charge in [-0.15, -0.1) is 0 Å². The number of ether oxygens (including phenoxy) is 2. The van der Waals surface area contributed by atoms with Crippen LogP contribution in [0.4, 0.5) is 0 Å². The van der Waals surface area contributed by atoms with Crippen LogP contribution in [0.3, 0.4) is 0 Å². The van der Waals surface area contributed by atoms with Crippen LogP contribution >= 0.6 is 0 Å². The van der Waals surface area contributed by atoms with E-state index in [1.165, 1.54) is 5.56 Å². The molecule has 0 aliphatic rings. The molecule has 0 unspecified atom stereocenters. The van der Waals surface area contributed by atoms with Crippen LogP contribution in [-0.4, -0.2) is 14.2 Å². The van der Waals surface area contributed by atoms with Gasteiger partial charge in [-0.1, -0.05) is 13.0 Å². The highest BCUT2D eigenvalue weighted by Crippen LogP contribution is 2.24. The van der Waals surface area contributed by atoms with Gasteiger partial charge in [-0.2, -0.15) is 0 Å². The molecule has 0 heterocycles. The van der Waals surface area contributed by atoms with E-state index >= 15 is 0 Å². The Hall–Kier alpha value is -1.18. The molecule has 66 valence electrons. The highest BCUT2D eigenvalue weighted by molar-refractivity contribution is 5.40. The van der Waals surface area contributed by atoms with Crippen molar-refractivity contribution in [2.24, 2.45) is 0 Å². The fourth-order valence-electron chi connectivity index (χ4n) is 1.14. The summed E-state index contributed by atoms with van der Waals surface area (Å²) in [5.74, 6) is 1.74. The predicted molar refractivity (Wildman–Crippen MR) is 48.9 cm³/mol. The normalized spacial score (nSPS) is 9.58. The standard InChI is InChI=1S/C10H14O2/c1-4-8-5-6-9(11-2)7-10(8)12-3/h5-7H,4H2,1-3H3. The minimum Gasteiger partial charge on any atom is -0.497 e. The third-order valence-corrected chi connectivity index (χ3v) is 1.88. The lowest BCUT2D eigenvalue weighted by atomic mass is 10.1. The zero-order chi connectivity index (χ0) is 8.97. The Morgan fingerprint density at radius 3 is 2.42 bits per heavy atom. The number of hydrogen-bond acceptors (Lipinski definition) is 2. The Morgan fingerprint density at radius 2 is 1.92 bits per heavy atom. The minimum absolute atomic E-state index is 0.837. The van der Waals surface area contributed by atoms with Gasteiger partial charge in [0, 0.05) is 6.07 Å². The van der Waals surface area contributed by atoms with Gasteiger partial charge in [0.1, 0.15) is 11.5 Å². The Balaban J connectivity index is 3.02. The first kappa shape index (κ1) is 8.91. The molecule has 1 rings (SSSR count). The fourth-order valence-corrected chi connectivity index (χ4v) is 1.14. The molecular weight excluding hydrogens is 152 g/mol. The van der Waals surface area contributed by atoms with Crippen molar-refractivity contribution in [2.45, 2.75) is 13.3 Å². The first-order valence-corrected chi connectivity index (χ1v) is 4.02. The summed E-state index contributed by atoms with van der Waals surface area (Å²) < 4.78 is 10.3. The molecule has 0 aliphatic heterocycles. The van der Waals surface area contributed by atoms with Gasteiger partial charge in [0.15, 0.2) is 0 Å². The second-order valence-electron chi connectivity index (χ2n) is 2.53. The van der Waals surface area contributed by atoms with Gasteiger partial charge in [-0.05, 0) is 18.1 Å². The summed E-state index contributed by atoms with van der Waals surface area (Å²) in [6.45, 7) is 2.10. The average Bonchev–Trinajstić information content (AvgIpc) is 2.16. The molecule has 0 saturated carbocycles. The van der Waals surface area contributed by atoms with Crippen LogP contribution < -0.4 is 9.47 Å². The highest BCUT2D eigenvalue weighted by atomic mass is 16.5. The van der Waals surface area contributed by atoms with Crippen LogP contribution in [-0.2, 0) is 6.42 Å². The van der Waals surface area contributed by atoms with Gasteiger partial charge in [0.25, 0.3) is 0 Å². The van der Waals surface area contributed by atoms with E-state index in [2.05, 4.69) is 6.92 Å². The maximum Gasteiger partial charge on any atom is 0.125 e. The molecule has 0 radical (unpaired) electrons. The lowest BCUT2D eigenvalue weighted by Crippen LogP contribution is -1.91. The van der Waals surface area contributed by atoms with E-state index in [-0.39, 0.29) is 0 Å². The van der Waals surface area contributed by atoms with Crippen LogP contribution in [0.5, 0.6) is 11.5 Å². The van der Waals surface area contributed by atoms with Crippen molar-refractivity contribution in [2.75, 3.05) is 14.2 Å². The molecule has 1 aromatic rings. The highest BCUT2D eigenvalue weighted by Gasteiger charge is 2.01.